The second kappa shape index (κ2) is 4.54. The molecule has 0 spiro atoms. The summed E-state index contributed by atoms with van der Waals surface area (Å²) in [7, 11) is 0. The highest BCUT2D eigenvalue weighted by Crippen LogP contribution is 2.36. The molecule has 0 aromatic rings. The zero-order chi connectivity index (χ0) is 9.84. The summed E-state index contributed by atoms with van der Waals surface area (Å²) in [5, 5.41) is 0. The third-order valence-electron chi connectivity index (χ3n) is 2.92. The van der Waals surface area contributed by atoms with Crippen LogP contribution in [0, 0.1) is 11.8 Å². The molecule has 0 aromatic carbocycles. The Labute approximate surface area is 79.7 Å². The zero-order valence-electron chi connectivity index (χ0n) is 8.51. The van der Waals surface area contributed by atoms with Gasteiger partial charge in [0, 0.05) is 12.8 Å². The Hall–Kier alpha value is -0.660. The smallest absolute Gasteiger partial charge is 0.130 e. The van der Waals surface area contributed by atoms with E-state index < -0.39 is 0 Å². The van der Waals surface area contributed by atoms with Crippen LogP contribution in [0.5, 0.6) is 0 Å². The number of ketones is 2. The van der Waals surface area contributed by atoms with Gasteiger partial charge in [0.05, 0.1) is 0 Å². The topological polar surface area (TPSA) is 34.1 Å². The summed E-state index contributed by atoms with van der Waals surface area (Å²) in [5.41, 5.74) is 0. The number of carbonyl (C=O) groups is 2. The van der Waals surface area contributed by atoms with Gasteiger partial charge in [0.2, 0.25) is 0 Å². The van der Waals surface area contributed by atoms with E-state index >= 15 is 0 Å². The lowest BCUT2D eigenvalue weighted by Crippen LogP contribution is -2.14. The molecule has 0 saturated heterocycles. The maximum absolute atomic E-state index is 10.9. The molecular formula is C11H18O2. The van der Waals surface area contributed by atoms with Crippen molar-refractivity contribution in [1.82, 2.24) is 0 Å². The molecule has 1 aliphatic carbocycles. The average molecular weight is 182 g/mol. The Kier molecular flexibility index (Phi) is 3.64. The average Bonchev–Trinajstić information content (AvgIpc) is 2.34. The molecular weight excluding hydrogens is 164 g/mol. The number of Topliss-reactive ketones (excluding diaryl/α,β-unsaturated/α-hetero) is 2. The van der Waals surface area contributed by atoms with Gasteiger partial charge >= 0.3 is 0 Å². The van der Waals surface area contributed by atoms with Crippen LogP contribution in [0.15, 0.2) is 0 Å². The zero-order valence-corrected chi connectivity index (χ0v) is 8.51. The van der Waals surface area contributed by atoms with Gasteiger partial charge in [0.15, 0.2) is 0 Å². The standard InChI is InChI=1S/C11H18O2/c1-8(12)6-10-4-3-5-11(10)7-9(2)13/h10-11H,3-7H2,1-2H3/t10-,11-/m1/s1. The van der Waals surface area contributed by atoms with Crippen LogP contribution in [0.1, 0.15) is 46.0 Å². The van der Waals surface area contributed by atoms with Crippen molar-refractivity contribution in [3.63, 3.8) is 0 Å². The first-order valence-corrected chi connectivity index (χ1v) is 5.08. The Morgan fingerprint density at radius 2 is 1.38 bits per heavy atom. The summed E-state index contributed by atoms with van der Waals surface area (Å²) < 4.78 is 0. The van der Waals surface area contributed by atoms with E-state index in [1.807, 2.05) is 0 Å². The molecule has 0 radical (unpaired) electrons. The molecule has 1 rings (SSSR count). The fourth-order valence-corrected chi connectivity index (χ4v) is 2.39. The fraction of sp³-hybridized carbons (Fsp3) is 0.818. The normalized spacial score (nSPS) is 27.5. The van der Waals surface area contributed by atoms with E-state index in [-0.39, 0.29) is 11.6 Å². The summed E-state index contributed by atoms with van der Waals surface area (Å²) in [6, 6.07) is 0. The molecule has 2 nitrogen and oxygen atoms in total. The van der Waals surface area contributed by atoms with Crippen LogP contribution in [-0.4, -0.2) is 11.6 Å². The van der Waals surface area contributed by atoms with Crippen LogP contribution in [0.3, 0.4) is 0 Å². The Bertz CT molecular complexity index is 186. The lowest BCUT2D eigenvalue weighted by Gasteiger charge is -2.16. The summed E-state index contributed by atoms with van der Waals surface area (Å²) in [5.74, 6) is 1.50. The van der Waals surface area contributed by atoms with Crippen molar-refractivity contribution in [3.05, 3.63) is 0 Å². The van der Waals surface area contributed by atoms with E-state index in [2.05, 4.69) is 0 Å². The lowest BCUT2D eigenvalue weighted by molar-refractivity contribution is -0.120. The van der Waals surface area contributed by atoms with Gasteiger partial charge in [-0.05, 0) is 38.5 Å². The Morgan fingerprint density at radius 1 is 1.00 bits per heavy atom. The van der Waals surface area contributed by atoms with Gasteiger partial charge in [-0.2, -0.15) is 0 Å². The first-order valence-electron chi connectivity index (χ1n) is 5.08. The predicted octanol–water partition coefficient (Wildman–Crippen LogP) is 2.36. The molecule has 0 unspecified atom stereocenters. The molecule has 1 fully saturated rings. The summed E-state index contributed by atoms with van der Waals surface area (Å²) in [4.78, 5) is 21.9. The van der Waals surface area contributed by atoms with Gasteiger partial charge < -0.3 is 9.59 Å². The molecule has 13 heavy (non-hydrogen) atoms. The highest BCUT2D eigenvalue weighted by atomic mass is 16.1. The maximum atomic E-state index is 10.9. The van der Waals surface area contributed by atoms with Crippen molar-refractivity contribution in [2.24, 2.45) is 11.8 Å². The fourth-order valence-electron chi connectivity index (χ4n) is 2.39. The van der Waals surface area contributed by atoms with Gasteiger partial charge in [0.25, 0.3) is 0 Å². The van der Waals surface area contributed by atoms with Crippen LogP contribution in [0.4, 0.5) is 0 Å². The minimum absolute atomic E-state index is 0.264. The van der Waals surface area contributed by atoms with Crippen LogP contribution >= 0.6 is 0 Å². The number of carbonyl (C=O) groups excluding carboxylic acids is 2. The number of hydrogen-bond acceptors (Lipinski definition) is 2. The van der Waals surface area contributed by atoms with Crippen molar-refractivity contribution in [2.75, 3.05) is 0 Å². The summed E-state index contributed by atoms with van der Waals surface area (Å²) in [6.07, 6.45) is 4.82. The molecule has 0 heterocycles. The Balaban J connectivity index is 2.43. The van der Waals surface area contributed by atoms with Gasteiger partial charge in [-0.15, -0.1) is 0 Å². The number of rotatable bonds is 4. The molecule has 0 aliphatic heterocycles. The van der Waals surface area contributed by atoms with E-state index in [1.54, 1.807) is 13.8 Å². The van der Waals surface area contributed by atoms with E-state index in [0.29, 0.717) is 24.7 Å². The lowest BCUT2D eigenvalue weighted by atomic mass is 9.88. The van der Waals surface area contributed by atoms with Crippen LogP contribution < -0.4 is 0 Å². The molecule has 2 atom stereocenters. The monoisotopic (exact) mass is 182 g/mol. The molecule has 0 bridgehead atoms. The van der Waals surface area contributed by atoms with Crippen LogP contribution in [-0.2, 0) is 9.59 Å². The second-order valence-electron chi connectivity index (χ2n) is 4.26. The van der Waals surface area contributed by atoms with Gasteiger partial charge in [-0.1, -0.05) is 6.42 Å². The Morgan fingerprint density at radius 3 is 1.69 bits per heavy atom. The quantitative estimate of drug-likeness (QED) is 0.668. The van der Waals surface area contributed by atoms with Gasteiger partial charge in [0.1, 0.15) is 11.6 Å². The molecule has 2 heteroatoms. The van der Waals surface area contributed by atoms with Crippen molar-refractivity contribution < 1.29 is 9.59 Å². The van der Waals surface area contributed by atoms with Gasteiger partial charge in [-0.25, -0.2) is 0 Å². The largest absolute Gasteiger partial charge is 0.300 e. The molecule has 74 valence electrons. The van der Waals surface area contributed by atoms with E-state index in [9.17, 15) is 9.59 Å². The van der Waals surface area contributed by atoms with Crippen molar-refractivity contribution >= 4 is 11.6 Å². The summed E-state index contributed by atoms with van der Waals surface area (Å²) >= 11 is 0. The summed E-state index contributed by atoms with van der Waals surface area (Å²) in [6.45, 7) is 3.28. The van der Waals surface area contributed by atoms with Gasteiger partial charge in [-0.3, -0.25) is 0 Å². The van der Waals surface area contributed by atoms with Crippen LogP contribution in [0.25, 0.3) is 0 Å². The van der Waals surface area contributed by atoms with E-state index in [4.69, 9.17) is 0 Å². The molecule has 1 aliphatic rings. The van der Waals surface area contributed by atoms with Crippen molar-refractivity contribution in [3.8, 4) is 0 Å². The number of hydrogen-bond donors (Lipinski definition) is 0. The first-order chi connectivity index (χ1) is 6.09. The SMILES string of the molecule is CC(=O)C[C@H]1CCC[C@@H]1CC(C)=O. The minimum Gasteiger partial charge on any atom is -0.300 e. The second-order valence-corrected chi connectivity index (χ2v) is 4.26. The third-order valence-corrected chi connectivity index (χ3v) is 2.92. The maximum Gasteiger partial charge on any atom is 0.130 e. The molecule has 0 aromatic heterocycles. The molecule has 0 amide bonds. The van der Waals surface area contributed by atoms with Crippen molar-refractivity contribution in [2.45, 2.75) is 46.0 Å². The van der Waals surface area contributed by atoms with E-state index in [0.717, 1.165) is 12.8 Å². The highest BCUT2D eigenvalue weighted by molar-refractivity contribution is 5.77. The third kappa shape index (κ3) is 3.29. The highest BCUT2D eigenvalue weighted by Gasteiger charge is 2.28. The minimum atomic E-state index is 0.264. The van der Waals surface area contributed by atoms with Crippen molar-refractivity contribution in [1.29, 1.82) is 0 Å². The van der Waals surface area contributed by atoms with Crippen LogP contribution in [0.2, 0.25) is 0 Å². The molecule has 0 N–H and O–H groups in total. The van der Waals surface area contributed by atoms with E-state index in [1.165, 1.54) is 6.42 Å². The first kappa shape index (κ1) is 10.4. The predicted molar refractivity (Wildman–Crippen MR) is 51.4 cm³/mol. The molecule has 1 saturated carbocycles.